The SMILES string of the molecule is COC1C(OC)[C@H](O[C@H]2O[C@@H](CO)[C@@H](O[C@@H]3OC(C(=O)O)[C@@H](O[C@@H]4OC(CO)C(OC)[C@H](OC)C4N=[N+]=[N-])[C@H](OC)C3OC)C(O)C2O)[C@H](C(=O)O)O[C@@H]1O[C@@H]1C(CO)O[C@H](OC)C(O)[C@H]1O. The number of aliphatic carboxylic acids is 2. The Balaban J connectivity index is 1.35. The molecule has 0 amide bonds. The zero-order valence-corrected chi connectivity index (χ0v) is 37.3. The number of ether oxygens (including phenoxy) is 16. The van der Waals surface area contributed by atoms with Crippen LogP contribution < -0.4 is 0 Å². The Kier molecular flexibility index (Phi) is 20.6. The van der Waals surface area contributed by atoms with Gasteiger partial charge in [0, 0.05) is 54.7 Å². The number of hydrogen-bond donors (Lipinski definition) is 9. The Hall–Kier alpha value is -2.67. The minimum Gasteiger partial charge on any atom is -0.479 e. The van der Waals surface area contributed by atoms with Crippen LogP contribution >= 0.6 is 0 Å². The van der Waals surface area contributed by atoms with E-state index in [1.54, 1.807) is 0 Å². The number of carboxylic acid groups (broad SMARTS) is 2. The van der Waals surface area contributed by atoms with E-state index in [9.17, 15) is 61.1 Å². The molecule has 5 aliphatic rings. The maximum absolute atomic E-state index is 12.8. The van der Waals surface area contributed by atoms with Crippen LogP contribution in [-0.2, 0) is 85.4 Å². The molecule has 0 spiro atoms. The van der Waals surface area contributed by atoms with E-state index in [-0.39, 0.29) is 0 Å². The smallest absolute Gasteiger partial charge is 0.335 e. The number of carboxylic acids is 2. The maximum atomic E-state index is 12.8. The number of methoxy groups -OCH3 is 7. The molecule has 67 heavy (non-hydrogen) atoms. The Labute approximate surface area is 381 Å². The molecule has 5 heterocycles. The summed E-state index contributed by atoms with van der Waals surface area (Å²) in [6.45, 7) is -2.32. The standard InChI is InChI=1S/C37H61N3O27/c1-52-21-13(10-43)59-33(14(39-40-38)22(21)53-2)64-25-23(54-3)29(56-5)36(66-27(25)31(48)49)63-20-12(9-42)61-35(18(47)16(20)45)65-26-24(55-4)30(57-6)37(67-28(26)32(50)51)62-19-11(8-41)60-34(58-7)17(46)15(19)44/h11-30,33-37,41-47H,8-10H2,1-7H3,(H,48,49)(H,50,51)/t11?,12-,13?,14?,15+,16?,17?,18?,19+,20+,21?,22+,23-,24?,25-,26-,27?,28+,29?,30?,33-,34-,35+,36+,37-/m0/s1. The largest absolute Gasteiger partial charge is 0.479 e. The summed E-state index contributed by atoms with van der Waals surface area (Å²) in [4.78, 5) is 28.4. The third-order valence-electron chi connectivity index (χ3n) is 12.1. The molecular formula is C37H61N3O27. The molecule has 30 nitrogen and oxygen atoms in total. The first-order chi connectivity index (χ1) is 32.1. The zero-order valence-electron chi connectivity index (χ0n) is 37.3. The highest BCUT2D eigenvalue weighted by Gasteiger charge is 2.59. The Morgan fingerprint density at radius 1 is 0.448 bits per heavy atom. The van der Waals surface area contributed by atoms with E-state index in [0.717, 1.165) is 7.11 Å². The quantitative estimate of drug-likeness (QED) is 0.0294. The van der Waals surface area contributed by atoms with Gasteiger partial charge in [0.1, 0.15) is 104 Å². The second-order valence-electron chi connectivity index (χ2n) is 15.7. The van der Waals surface area contributed by atoms with Gasteiger partial charge < -0.3 is 122 Å². The molecule has 5 fully saturated rings. The predicted octanol–water partition coefficient (Wildman–Crippen LogP) is -5.84. The van der Waals surface area contributed by atoms with Gasteiger partial charge in [-0.15, -0.1) is 0 Å². The van der Waals surface area contributed by atoms with E-state index in [4.69, 9.17) is 75.8 Å². The minimum atomic E-state index is -2.12. The summed E-state index contributed by atoms with van der Waals surface area (Å²) in [6, 6.07) is -1.31. The van der Waals surface area contributed by atoms with E-state index >= 15 is 0 Å². The highest BCUT2D eigenvalue weighted by Crippen LogP contribution is 2.38. The highest BCUT2D eigenvalue weighted by molar-refractivity contribution is 5.74. The fraction of sp³-hybridized carbons (Fsp3) is 0.946. The molecule has 30 heteroatoms. The molecule has 0 aliphatic carbocycles. The van der Waals surface area contributed by atoms with Crippen molar-refractivity contribution >= 4 is 11.9 Å². The van der Waals surface area contributed by atoms with Crippen LogP contribution in [0.4, 0.5) is 0 Å². The van der Waals surface area contributed by atoms with Crippen molar-refractivity contribution in [3.63, 3.8) is 0 Å². The van der Waals surface area contributed by atoms with Gasteiger partial charge in [-0.1, -0.05) is 5.11 Å². The second-order valence-corrected chi connectivity index (χ2v) is 15.7. The molecule has 5 aliphatic heterocycles. The minimum absolute atomic E-state index is 0.618. The molecule has 0 saturated carbocycles. The van der Waals surface area contributed by atoms with Crippen LogP contribution in [0.2, 0.25) is 0 Å². The number of hydrogen-bond acceptors (Lipinski definition) is 26. The molecule has 0 aromatic heterocycles. The van der Waals surface area contributed by atoms with Crippen LogP contribution in [0.15, 0.2) is 5.11 Å². The summed E-state index contributed by atoms with van der Waals surface area (Å²) < 4.78 is 91.1. The van der Waals surface area contributed by atoms with Crippen molar-refractivity contribution in [3.05, 3.63) is 10.4 Å². The van der Waals surface area contributed by atoms with Crippen molar-refractivity contribution in [2.45, 2.75) is 153 Å². The van der Waals surface area contributed by atoms with Gasteiger partial charge in [0.2, 0.25) is 0 Å². The first-order valence-electron chi connectivity index (χ1n) is 20.7. The monoisotopic (exact) mass is 979 g/mol. The van der Waals surface area contributed by atoms with Gasteiger partial charge in [0.05, 0.1) is 25.9 Å². The van der Waals surface area contributed by atoms with E-state index < -0.39 is 185 Å². The number of azide groups is 1. The van der Waals surface area contributed by atoms with Gasteiger partial charge in [-0.3, -0.25) is 0 Å². The molecule has 0 radical (unpaired) electrons. The molecule has 0 bridgehead atoms. The fourth-order valence-electron chi connectivity index (χ4n) is 8.83. The summed E-state index contributed by atoms with van der Waals surface area (Å²) in [5, 5.41) is 99.4. The third kappa shape index (κ3) is 11.4. The van der Waals surface area contributed by atoms with Crippen molar-refractivity contribution in [2.75, 3.05) is 69.6 Å². The van der Waals surface area contributed by atoms with Gasteiger partial charge in [-0.05, 0) is 5.53 Å². The predicted molar refractivity (Wildman–Crippen MR) is 208 cm³/mol. The molecule has 0 aromatic rings. The summed E-state index contributed by atoms with van der Waals surface area (Å²) in [5.74, 6) is -3.31. The van der Waals surface area contributed by atoms with Crippen molar-refractivity contribution in [3.8, 4) is 0 Å². The van der Waals surface area contributed by atoms with Crippen molar-refractivity contribution < 1.29 is 131 Å². The topological polar surface area (TPSA) is 413 Å². The van der Waals surface area contributed by atoms with Crippen LogP contribution in [-0.4, -0.2) is 281 Å². The van der Waals surface area contributed by atoms with Crippen LogP contribution in [0.3, 0.4) is 0 Å². The molecule has 11 unspecified atom stereocenters. The number of aliphatic hydroxyl groups is 7. The van der Waals surface area contributed by atoms with Crippen LogP contribution in [0.25, 0.3) is 10.4 Å². The van der Waals surface area contributed by atoms with Crippen molar-refractivity contribution in [1.29, 1.82) is 0 Å². The summed E-state index contributed by atoms with van der Waals surface area (Å²) in [7, 11) is 8.44. The molecule has 5 saturated heterocycles. The molecule has 5 rings (SSSR count). The van der Waals surface area contributed by atoms with Crippen molar-refractivity contribution in [2.24, 2.45) is 5.11 Å². The average molecular weight is 980 g/mol. The van der Waals surface area contributed by atoms with Crippen LogP contribution in [0.5, 0.6) is 0 Å². The zero-order chi connectivity index (χ0) is 49.4. The molecule has 25 atom stereocenters. The maximum Gasteiger partial charge on any atom is 0.335 e. The average Bonchev–Trinajstić information content (AvgIpc) is 3.32. The first kappa shape index (κ1) is 55.3. The Morgan fingerprint density at radius 3 is 1.18 bits per heavy atom. The Bertz CT molecular complexity index is 1620. The number of rotatable bonds is 21. The summed E-state index contributed by atoms with van der Waals surface area (Å²) >= 11 is 0. The van der Waals surface area contributed by atoms with Gasteiger partial charge >= 0.3 is 11.9 Å². The van der Waals surface area contributed by atoms with Gasteiger partial charge in [0.15, 0.2) is 43.7 Å². The molecule has 9 N–H and O–H groups in total. The van der Waals surface area contributed by atoms with Gasteiger partial charge in [-0.2, -0.15) is 0 Å². The van der Waals surface area contributed by atoms with E-state index in [0.29, 0.717) is 0 Å². The molecule has 386 valence electrons. The second kappa shape index (κ2) is 24.9. The lowest BCUT2D eigenvalue weighted by Crippen LogP contribution is -2.69. The highest BCUT2D eigenvalue weighted by atomic mass is 16.8. The summed E-state index contributed by atoms with van der Waals surface area (Å²) in [5.41, 5.74) is 9.38. The van der Waals surface area contributed by atoms with E-state index in [2.05, 4.69) is 10.0 Å². The normalized spacial score (nSPS) is 46.1. The van der Waals surface area contributed by atoms with E-state index in [1.165, 1.54) is 42.7 Å². The van der Waals surface area contributed by atoms with E-state index in [1.807, 2.05) is 0 Å². The molecule has 0 aromatic carbocycles. The lowest BCUT2D eigenvalue weighted by molar-refractivity contribution is -0.389. The lowest BCUT2D eigenvalue weighted by atomic mass is 9.94. The van der Waals surface area contributed by atoms with Crippen molar-refractivity contribution in [1.82, 2.24) is 0 Å². The van der Waals surface area contributed by atoms with Gasteiger partial charge in [-0.25, -0.2) is 9.59 Å². The fourth-order valence-corrected chi connectivity index (χ4v) is 8.83. The number of carbonyl (C=O) groups is 2. The number of nitrogens with zero attached hydrogens (tertiary/aromatic N) is 3. The first-order valence-corrected chi connectivity index (χ1v) is 20.7. The summed E-state index contributed by atoms with van der Waals surface area (Å²) in [6.07, 6.45) is -38.6. The third-order valence-corrected chi connectivity index (χ3v) is 12.1. The lowest BCUT2D eigenvalue weighted by Gasteiger charge is -2.50. The number of aliphatic hydroxyl groups excluding tert-OH is 7. The van der Waals surface area contributed by atoms with Crippen LogP contribution in [0, 0.1) is 0 Å². The van der Waals surface area contributed by atoms with Crippen LogP contribution in [0.1, 0.15) is 0 Å². The Morgan fingerprint density at radius 2 is 0.806 bits per heavy atom. The molecular weight excluding hydrogens is 918 g/mol. The van der Waals surface area contributed by atoms with Gasteiger partial charge in [0.25, 0.3) is 0 Å².